The Kier molecular flexibility index (Phi) is 6.38. The van der Waals surface area contributed by atoms with Crippen LogP contribution in [0.1, 0.15) is 32.3 Å². The van der Waals surface area contributed by atoms with Gasteiger partial charge in [-0.3, -0.25) is 24.7 Å². The summed E-state index contributed by atoms with van der Waals surface area (Å²) in [4.78, 5) is 38.5. The van der Waals surface area contributed by atoms with Gasteiger partial charge in [0, 0.05) is 18.2 Å². The third-order valence-corrected chi connectivity index (χ3v) is 4.31. The zero-order chi connectivity index (χ0) is 20.1. The minimum absolute atomic E-state index is 0.0683. The SMILES string of the molecule is CCCN1C(=O)C(=O)N(C(C)CC(=O)O)CC1Oc1ccc(C(=N)N)cc1. The molecule has 2 unspecified atom stereocenters. The molecule has 1 heterocycles. The van der Waals surface area contributed by atoms with Gasteiger partial charge in [-0.05, 0) is 37.6 Å². The van der Waals surface area contributed by atoms with Crippen LogP contribution in [0.15, 0.2) is 24.3 Å². The summed E-state index contributed by atoms with van der Waals surface area (Å²) < 4.78 is 5.91. The highest BCUT2D eigenvalue weighted by molar-refractivity contribution is 6.35. The van der Waals surface area contributed by atoms with Gasteiger partial charge in [0.25, 0.3) is 0 Å². The summed E-state index contributed by atoms with van der Waals surface area (Å²) in [7, 11) is 0. The molecular formula is C18H24N4O5. The lowest BCUT2D eigenvalue weighted by Gasteiger charge is -2.42. The van der Waals surface area contributed by atoms with Crippen molar-refractivity contribution in [2.75, 3.05) is 13.1 Å². The van der Waals surface area contributed by atoms with E-state index >= 15 is 0 Å². The quantitative estimate of drug-likeness (QED) is 0.345. The fourth-order valence-corrected chi connectivity index (χ4v) is 2.93. The van der Waals surface area contributed by atoms with Gasteiger partial charge in [0.15, 0.2) is 6.23 Å². The number of piperazine rings is 1. The van der Waals surface area contributed by atoms with Crippen LogP contribution in [0.5, 0.6) is 5.75 Å². The second kappa shape index (κ2) is 8.52. The van der Waals surface area contributed by atoms with E-state index in [1.807, 2.05) is 6.92 Å². The maximum Gasteiger partial charge on any atom is 0.315 e. The smallest absolute Gasteiger partial charge is 0.315 e. The highest BCUT2D eigenvalue weighted by Crippen LogP contribution is 2.21. The fourth-order valence-electron chi connectivity index (χ4n) is 2.93. The predicted octanol–water partition coefficient (Wildman–Crippen LogP) is 0.620. The van der Waals surface area contributed by atoms with E-state index in [0.717, 1.165) is 0 Å². The molecule has 1 aromatic rings. The summed E-state index contributed by atoms with van der Waals surface area (Å²) >= 11 is 0. The highest BCUT2D eigenvalue weighted by atomic mass is 16.5. The number of nitrogen functional groups attached to an aromatic ring is 1. The Hall–Kier alpha value is -3.10. The Labute approximate surface area is 157 Å². The van der Waals surface area contributed by atoms with Gasteiger partial charge in [-0.1, -0.05) is 6.92 Å². The molecule has 0 saturated carbocycles. The molecule has 9 nitrogen and oxygen atoms in total. The third kappa shape index (κ3) is 4.75. The number of carbonyl (C=O) groups is 3. The van der Waals surface area contributed by atoms with Crippen LogP contribution in [0.4, 0.5) is 0 Å². The number of amides is 2. The summed E-state index contributed by atoms with van der Waals surface area (Å²) in [5.41, 5.74) is 5.97. The van der Waals surface area contributed by atoms with E-state index in [-0.39, 0.29) is 18.8 Å². The summed E-state index contributed by atoms with van der Waals surface area (Å²) in [6, 6.07) is 5.89. The standard InChI is InChI=1S/C18H24N4O5/c1-3-8-21-14(27-13-6-4-12(5-7-13)16(19)20)10-22(18(26)17(21)25)11(2)9-15(23)24/h4-7,11,14H,3,8-10H2,1-2H3,(H3,19,20)(H,23,24). The summed E-state index contributed by atoms with van der Waals surface area (Å²) in [6.45, 7) is 3.90. The van der Waals surface area contributed by atoms with Gasteiger partial charge in [0.05, 0.1) is 13.0 Å². The lowest BCUT2D eigenvalue weighted by Crippen LogP contribution is -2.63. The van der Waals surface area contributed by atoms with Crippen molar-refractivity contribution in [3.05, 3.63) is 29.8 Å². The van der Waals surface area contributed by atoms with Crippen molar-refractivity contribution in [2.24, 2.45) is 5.73 Å². The van der Waals surface area contributed by atoms with Crippen molar-refractivity contribution in [2.45, 2.75) is 39.0 Å². The van der Waals surface area contributed by atoms with E-state index in [0.29, 0.717) is 24.3 Å². The van der Waals surface area contributed by atoms with E-state index in [4.69, 9.17) is 21.0 Å². The molecule has 0 aliphatic carbocycles. The second-order valence-corrected chi connectivity index (χ2v) is 6.41. The molecule has 0 spiro atoms. The molecule has 1 aliphatic heterocycles. The van der Waals surface area contributed by atoms with Gasteiger partial charge in [0.2, 0.25) is 0 Å². The van der Waals surface area contributed by atoms with Gasteiger partial charge in [-0.25, -0.2) is 0 Å². The molecule has 2 rings (SSSR count). The number of nitrogens with one attached hydrogen (secondary N) is 1. The van der Waals surface area contributed by atoms with Crippen molar-refractivity contribution >= 4 is 23.6 Å². The Balaban J connectivity index is 2.23. The number of ether oxygens (including phenoxy) is 1. The van der Waals surface area contributed by atoms with Crippen molar-refractivity contribution in [3.8, 4) is 5.75 Å². The molecule has 1 fully saturated rings. The topological polar surface area (TPSA) is 137 Å². The van der Waals surface area contributed by atoms with E-state index in [9.17, 15) is 14.4 Å². The molecule has 0 radical (unpaired) electrons. The average Bonchev–Trinajstić information content (AvgIpc) is 2.61. The largest absolute Gasteiger partial charge is 0.481 e. The number of benzene rings is 1. The number of hydrogen-bond acceptors (Lipinski definition) is 5. The van der Waals surface area contributed by atoms with Crippen LogP contribution in [0.2, 0.25) is 0 Å². The van der Waals surface area contributed by atoms with Crippen LogP contribution in [0.25, 0.3) is 0 Å². The molecule has 0 aromatic heterocycles. The van der Waals surface area contributed by atoms with Crippen LogP contribution < -0.4 is 10.5 Å². The lowest BCUT2D eigenvalue weighted by atomic mass is 10.1. The van der Waals surface area contributed by atoms with Crippen LogP contribution in [-0.4, -0.2) is 63.9 Å². The van der Waals surface area contributed by atoms with E-state index in [2.05, 4.69) is 0 Å². The normalized spacial score (nSPS) is 18.4. The Morgan fingerprint density at radius 1 is 1.33 bits per heavy atom. The van der Waals surface area contributed by atoms with Gasteiger partial charge < -0.3 is 20.5 Å². The first kappa shape index (κ1) is 20.2. The number of nitrogens with two attached hydrogens (primary N) is 1. The second-order valence-electron chi connectivity index (χ2n) is 6.41. The first-order valence-electron chi connectivity index (χ1n) is 8.69. The molecule has 0 bridgehead atoms. The molecular weight excluding hydrogens is 352 g/mol. The first-order chi connectivity index (χ1) is 12.7. The van der Waals surface area contributed by atoms with Crippen LogP contribution in [-0.2, 0) is 14.4 Å². The zero-order valence-electron chi connectivity index (χ0n) is 15.3. The Morgan fingerprint density at radius 2 is 1.96 bits per heavy atom. The number of carbonyl (C=O) groups excluding carboxylic acids is 2. The number of nitrogens with zero attached hydrogens (tertiary/aromatic N) is 2. The molecule has 1 saturated heterocycles. The Morgan fingerprint density at radius 3 is 2.48 bits per heavy atom. The molecule has 1 aliphatic rings. The fraction of sp³-hybridized carbons (Fsp3) is 0.444. The highest BCUT2D eigenvalue weighted by Gasteiger charge is 2.42. The number of carboxylic acid groups (broad SMARTS) is 1. The minimum Gasteiger partial charge on any atom is -0.481 e. The van der Waals surface area contributed by atoms with Crippen molar-refractivity contribution in [3.63, 3.8) is 0 Å². The summed E-state index contributed by atoms with van der Waals surface area (Å²) in [5.74, 6) is -2.08. The van der Waals surface area contributed by atoms with Gasteiger partial charge in [-0.15, -0.1) is 0 Å². The van der Waals surface area contributed by atoms with Crippen molar-refractivity contribution < 1.29 is 24.2 Å². The number of carboxylic acids is 1. The summed E-state index contributed by atoms with van der Waals surface area (Å²) in [6.07, 6.45) is -0.339. The lowest BCUT2D eigenvalue weighted by molar-refractivity contribution is -0.169. The molecule has 1 aromatic carbocycles. The number of rotatable bonds is 8. The third-order valence-electron chi connectivity index (χ3n) is 4.31. The van der Waals surface area contributed by atoms with E-state index in [1.54, 1.807) is 31.2 Å². The molecule has 2 atom stereocenters. The predicted molar refractivity (Wildman–Crippen MR) is 97.3 cm³/mol. The van der Waals surface area contributed by atoms with Crippen molar-refractivity contribution in [1.29, 1.82) is 5.41 Å². The van der Waals surface area contributed by atoms with Crippen molar-refractivity contribution in [1.82, 2.24) is 9.80 Å². The maximum atomic E-state index is 12.5. The number of aliphatic carboxylic acids is 1. The molecule has 4 N–H and O–H groups in total. The maximum absolute atomic E-state index is 12.5. The minimum atomic E-state index is -1.05. The van der Waals surface area contributed by atoms with E-state index in [1.165, 1.54) is 9.80 Å². The molecule has 2 amide bonds. The van der Waals surface area contributed by atoms with Crippen LogP contribution in [0.3, 0.4) is 0 Å². The van der Waals surface area contributed by atoms with E-state index < -0.39 is 30.1 Å². The molecule has 27 heavy (non-hydrogen) atoms. The van der Waals surface area contributed by atoms with Gasteiger partial charge >= 0.3 is 17.8 Å². The van der Waals surface area contributed by atoms with Crippen LogP contribution in [0, 0.1) is 5.41 Å². The average molecular weight is 376 g/mol. The molecule has 9 heteroatoms. The number of hydrogen-bond donors (Lipinski definition) is 3. The zero-order valence-corrected chi connectivity index (χ0v) is 15.3. The molecule has 146 valence electrons. The summed E-state index contributed by atoms with van der Waals surface area (Å²) in [5, 5.41) is 16.4. The Bertz CT molecular complexity index is 734. The first-order valence-corrected chi connectivity index (χ1v) is 8.69. The number of amidine groups is 1. The van der Waals surface area contributed by atoms with Crippen LogP contribution >= 0.6 is 0 Å². The van der Waals surface area contributed by atoms with Gasteiger partial charge in [-0.2, -0.15) is 0 Å². The van der Waals surface area contributed by atoms with Gasteiger partial charge in [0.1, 0.15) is 11.6 Å². The monoisotopic (exact) mass is 376 g/mol.